The van der Waals surface area contributed by atoms with Gasteiger partial charge in [-0.15, -0.1) is 0 Å². The van der Waals surface area contributed by atoms with Crippen molar-refractivity contribution >= 4 is 67.2 Å². The average molecular weight is 519 g/mol. The van der Waals surface area contributed by atoms with Crippen LogP contribution < -0.4 is 14.4 Å². The number of amides is 1. The van der Waals surface area contributed by atoms with Gasteiger partial charge in [-0.2, -0.15) is 0 Å². The Morgan fingerprint density at radius 2 is 1.74 bits per heavy atom. The van der Waals surface area contributed by atoms with Gasteiger partial charge < -0.3 is 9.47 Å². The summed E-state index contributed by atoms with van der Waals surface area (Å²) in [4.78, 5) is 36.8. The molecule has 0 bridgehead atoms. The van der Waals surface area contributed by atoms with Gasteiger partial charge in [0.2, 0.25) is 0 Å². The molecule has 0 aliphatic carbocycles. The van der Waals surface area contributed by atoms with Gasteiger partial charge in [0.1, 0.15) is 0 Å². The zero-order valence-electron chi connectivity index (χ0n) is 18.2. The quantitative estimate of drug-likeness (QED) is 0.257. The summed E-state index contributed by atoms with van der Waals surface area (Å²) in [5, 5.41) is 0.978. The number of benzene rings is 3. The molecule has 0 fully saturated rings. The van der Waals surface area contributed by atoms with Crippen molar-refractivity contribution in [2.75, 3.05) is 26.2 Å². The Morgan fingerprint density at radius 1 is 0.971 bits per heavy atom. The van der Waals surface area contributed by atoms with E-state index in [1.54, 1.807) is 48.5 Å². The summed E-state index contributed by atoms with van der Waals surface area (Å²) in [6.07, 6.45) is 0. The average Bonchev–Trinajstić information content (AvgIpc) is 3.26. The van der Waals surface area contributed by atoms with Gasteiger partial charge in [0.05, 0.1) is 45.6 Å². The van der Waals surface area contributed by atoms with E-state index in [-0.39, 0.29) is 10.6 Å². The molecule has 0 N–H and O–H groups in total. The van der Waals surface area contributed by atoms with E-state index in [0.717, 1.165) is 0 Å². The van der Waals surface area contributed by atoms with Crippen molar-refractivity contribution < 1.29 is 24.0 Å². The maximum Gasteiger partial charge on any atom is 0.318 e. The number of carbonyl (C=O) groups excluding carboxylic acids is 1. The highest BCUT2D eigenvalue weighted by molar-refractivity contribution is 7.22. The van der Waals surface area contributed by atoms with E-state index in [1.807, 2.05) is 0 Å². The molecule has 0 saturated heterocycles. The highest BCUT2D eigenvalue weighted by Crippen LogP contribution is 2.40. The molecule has 3 aromatic carbocycles. The molecular weight excluding hydrogens is 501 g/mol. The Morgan fingerprint density at radius 3 is 2.41 bits per heavy atom. The second-order valence-corrected chi connectivity index (χ2v) is 8.74. The molecular formula is C23H18Cl2N3O5S+. The Labute approximate surface area is 208 Å². The number of rotatable bonds is 7. The first kappa shape index (κ1) is 23.7. The third kappa shape index (κ3) is 4.50. The van der Waals surface area contributed by atoms with E-state index in [9.17, 15) is 9.70 Å². The van der Waals surface area contributed by atoms with Crippen LogP contribution in [-0.2, 0) is 4.84 Å². The number of hydrogen-bond donors (Lipinski definition) is 0. The minimum atomic E-state index is -0.421. The van der Waals surface area contributed by atoms with Crippen LogP contribution in [0.5, 0.6) is 11.5 Å². The van der Waals surface area contributed by atoms with Crippen LogP contribution in [0, 0.1) is 4.91 Å². The summed E-state index contributed by atoms with van der Waals surface area (Å²) in [5.74, 6) is 0.521. The van der Waals surface area contributed by atoms with Crippen LogP contribution in [0.25, 0.3) is 10.2 Å². The fourth-order valence-electron chi connectivity index (χ4n) is 3.28. The number of ether oxygens (including phenoxy) is 2. The molecule has 0 spiro atoms. The normalized spacial score (nSPS) is 10.7. The molecule has 1 aromatic heterocycles. The Hall–Kier alpha value is -3.40. The van der Waals surface area contributed by atoms with Crippen molar-refractivity contribution in [3.05, 3.63) is 75.1 Å². The molecule has 0 saturated carbocycles. The molecule has 11 heteroatoms. The minimum Gasteiger partial charge on any atom is -0.493 e. The third-order valence-electron chi connectivity index (χ3n) is 4.92. The van der Waals surface area contributed by atoms with Crippen molar-refractivity contribution in [1.29, 1.82) is 0 Å². The van der Waals surface area contributed by atoms with Crippen molar-refractivity contribution in [2.24, 2.45) is 0 Å². The van der Waals surface area contributed by atoms with Gasteiger partial charge in [-0.1, -0.05) is 34.5 Å². The number of nitrogens with zero attached hydrogens (tertiary/aromatic N) is 3. The molecule has 174 valence electrons. The SMILES string of the molecule is COc1ccc(N(C(=O)c2ccc(Cl)cc2Cl)c2nc3ccc([N+](=O)OC)cc3s2)cc1OC. The fraction of sp³-hybridized carbons (Fsp3) is 0.130. The molecule has 8 nitrogen and oxygen atoms in total. The lowest BCUT2D eigenvalue weighted by molar-refractivity contribution is -0.736. The maximum absolute atomic E-state index is 13.7. The molecule has 1 amide bonds. The van der Waals surface area contributed by atoms with Gasteiger partial charge in [-0.25, -0.2) is 9.82 Å². The highest BCUT2D eigenvalue weighted by atomic mass is 35.5. The van der Waals surface area contributed by atoms with Gasteiger partial charge in [0, 0.05) is 23.2 Å². The van der Waals surface area contributed by atoms with Crippen LogP contribution in [0.4, 0.5) is 16.5 Å². The van der Waals surface area contributed by atoms with Crippen LogP contribution in [0.3, 0.4) is 0 Å². The minimum absolute atomic E-state index is 0.202. The van der Waals surface area contributed by atoms with Crippen molar-refractivity contribution in [2.45, 2.75) is 0 Å². The predicted octanol–water partition coefficient (Wildman–Crippen LogP) is 6.57. The summed E-state index contributed by atoms with van der Waals surface area (Å²) >= 11 is 13.6. The van der Waals surface area contributed by atoms with E-state index in [2.05, 4.69) is 4.98 Å². The van der Waals surface area contributed by atoms with E-state index in [4.69, 9.17) is 37.5 Å². The molecule has 0 atom stereocenters. The van der Waals surface area contributed by atoms with Crippen LogP contribution in [-0.4, -0.2) is 37.1 Å². The van der Waals surface area contributed by atoms with Gasteiger partial charge in [-0.3, -0.25) is 9.69 Å². The lowest BCUT2D eigenvalue weighted by atomic mass is 10.1. The monoisotopic (exact) mass is 518 g/mol. The number of fused-ring (bicyclic) bond motifs is 1. The van der Waals surface area contributed by atoms with Gasteiger partial charge >= 0.3 is 5.69 Å². The molecule has 4 aromatic rings. The van der Waals surface area contributed by atoms with Gasteiger partial charge in [-0.05, 0) is 36.4 Å². The predicted molar refractivity (Wildman–Crippen MR) is 132 cm³/mol. The summed E-state index contributed by atoms with van der Waals surface area (Å²) in [5.41, 5.74) is 1.63. The molecule has 0 radical (unpaired) electrons. The number of thiazole rings is 1. The smallest absolute Gasteiger partial charge is 0.318 e. The first-order chi connectivity index (χ1) is 16.4. The van der Waals surface area contributed by atoms with Crippen LogP contribution in [0.1, 0.15) is 10.4 Å². The van der Waals surface area contributed by atoms with Crippen LogP contribution in [0.2, 0.25) is 10.0 Å². The Bertz CT molecular complexity index is 1410. The third-order valence-corrected chi connectivity index (χ3v) is 6.47. The number of methoxy groups -OCH3 is 2. The van der Waals surface area contributed by atoms with Crippen molar-refractivity contribution in [1.82, 2.24) is 4.98 Å². The fourth-order valence-corrected chi connectivity index (χ4v) is 4.79. The summed E-state index contributed by atoms with van der Waals surface area (Å²) in [7, 11) is 4.31. The van der Waals surface area contributed by atoms with Crippen molar-refractivity contribution in [3.8, 4) is 11.5 Å². The number of anilines is 2. The topological polar surface area (TPSA) is 81.0 Å². The number of carbonyl (C=O) groups is 1. The number of aromatic nitrogens is 1. The van der Waals surface area contributed by atoms with Crippen molar-refractivity contribution in [3.63, 3.8) is 0 Å². The first-order valence-electron chi connectivity index (χ1n) is 9.79. The van der Waals surface area contributed by atoms with Crippen LogP contribution >= 0.6 is 34.5 Å². The maximum atomic E-state index is 13.7. The summed E-state index contributed by atoms with van der Waals surface area (Å²) < 4.78 is 11.4. The van der Waals surface area contributed by atoms with E-state index < -0.39 is 5.91 Å². The standard InChI is InChI=1S/C23H18Cl2N3O5S/c1-31-19-9-6-14(11-20(19)32-2)27(22(29)16-7-4-13(24)10-17(16)25)23-26-18-8-5-15(28(30)33-3)12-21(18)34-23/h4-12H,1-3H3/q+1. The second kappa shape index (κ2) is 9.84. The lowest BCUT2D eigenvalue weighted by Gasteiger charge is -2.22. The summed E-state index contributed by atoms with van der Waals surface area (Å²) in [6, 6.07) is 14.6. The lowest BCUT2D eigenvalue weighted by Crippen LogP contribution is -2.26. The number of hydrogen-bond acceptors (Lipinski definition) is 7. The zero-order valence-corrected chi connectivity index (χ0v) is 20.6. The van der Waals surface area contributed by atoms with E-state index in [0.29, 0.717) is 48.2 Å². The Kier molecular flexibility index (Phi) is 6.87. The van der Waals surface area contributed by atoms with E-state index in [1.165, 1.54) is 43.6 Å². The molecule has 34 heavy (non-hydrogen) atoms. The molecule has 0 aliphatic heterocycles. The first-order valence-corrected chi connectivity index (χ1v) is 11.4. The molecule has 0 aliphatic rings. The van der Waals surface area contributed by atoms with Gasteiger partial charge in [0.15, 0.2) is 23.7 Å². The van der Waals surface area contributed by atoms with Gasteiger partial charge in [0.25, 0.3) is 10.8 Å². The molecule has 1 heterocycles. The second-order valence-electron chi connectivity index (χ2n) is 6.89. The molecule has 0 unspecified atom stereocenters. The number of halogens is 2. The molecule has 4 rings (SSSR count). The van der Waals surface area contributed by atoms with Crippen LogP contribution in [0.15, 0.2) is 54.6 Å². The van der Waals surface area contributed by atoms with E-state index >= 15 is 0 Å². The largest absolute Gasteiger partial charge is 0.493 e. The highest BCUT2D eigenvalue weighted by Gasteiger charge is 2.27. The zero-order chi connectivity index (χ0) is 24.4. The summed E-state index contributed by atoms with van der Waals surface area (Å²) in [6.45, 7) is 0. The Balaban J connectivity index is 1.89.